The summed E-state index contributed by atoms with van der Waals surface area (Å²) >= 11 is 5.75. The van der Waals surface area contributed by atoms with Crippen LogP contribution in [0.1, 0.15) is 16.1 Å². The minimum atomic E-state index is -4.34. The summed E-state index contributed by atoms with van der Waals surface area (Å²) in [6, 6.07) is 4.03. The third-order valence-corrected chi connectivity index (χ3v) is 3.34. The predicted octanol–water partition coefficient (Wildman–Crippen LogP) is 1.54. The molecule has 2 aromatic rings. The number of aromatic amines is 1. The zero-order valence-electron chi connectivity index (χ0n) is 8.79. The van der Waals surface area contributed by atoms with Gasteiger partial charge in [-0.1, -0.05) is 11.6 Å². The summed E-state index contributed by atoms with van der Waals surface area (Å²) in [5.74, 6) is -0.511. The first-order chi connectivity index (χ1) is 8.39. The van der Waals surface area contributed by atoms with E-state index in [1.165, 1.54) is 18.3 Å². The fourth-order valence-electron chi connectivity index (χ4n) is 1.35. The van der Waals surface area contributed by atoms with Crippen molar-refractivity contribution in [2.24, 2.45) is 0 Å². The minimum absolute atomic E-state index is 0.00229. The van der Waals surface area contributed by atoms with Crippen LogP contribution in [0.3, 0.4) is 0 Å². The van der Waals surface area contributed by atoms with Gasteiger partial charge in [0, 0.05) is 12.4 Å². The Hall–Kier alpha value is -1.70. The van der Waals surface area contributed by atoms with Crippen molar-refractivity contribution in [3.8, 4) is 0 Å². The van der Waals surface area contributed by atoms with Crippen molar-refractivity contribution in [2.45, 2.75) is 4.90 Å². The van der Waals surface area contributed by atoms with Gasteiger partial charge in [0.25, 0.3) is 10.1 Å². The molecule has 18 heavy (non-hydrogen) atoms. The van der Waals surface area contributed by atoms with Gasteiger partial charge < -0.3 is 4.98 Å². The first-order valence-electron chi connectivity index (χ1n) is 4.70. The summed E-state index contributed by atoms with van der Waals surface area (Å²) in [5.41, 5.74) is 0.139. The molecule has 94 valence electrons. The molecule has 0 saturated heterocycles. The Labute approximate surface area is 107 Å². The van der Waals surface area contributed by atoms with E-state index in [-0.39, 0.29) is 21.3 Å². The van der Waals surface area contributed by atoms with E-state index in [9.17, 15) is 13.2 Å². The number of hydrogen-bond donors (Lipinski definition) is 2. The van der Waals surface area contributed by atoms with E-state index < -0.39 is 15.9 Å². The molecule has 2 aromatic heterocycles. The highest BCUT2D eigenvalue weighted by Crippen LogP contribution is 2.18. The van der Waals surface area contributed by atoms with Gasteiger partial charge in [-0.15, -0.1) is 0 Å². The zero-order valence-corrected chi connectivity index (χ0v) is 10.4. The van der Waals surface area contributed by atoms with E-state index in [1.54, 1.807) is 0 Å². The van der Waals surface area contributed by atoms with Crippen molar-refractivity contribution < 1.29 is 17.8 Å². The number of hydrogen-bond acceptors (Lipinski definition) is 4. The molecule has 0 unspecified atom stereocenters. The second-order valence-corrected chi connectivity index (χ2v) is 5.17. The van der Waals surface area contributed by atoms with Crippen LogP contribution < -0.4 is 0 Å². The highest BCUT2D eigenvalue weighted by molar-refractivity contribution is 7.85. The van der Waals surface area contributed by atoms with Crippen molar-refractivity contribution >= 4 is 27.5 Å². The molecular weight excluding hydrogens is 280 g/mol. The van der Waals surface area contributed by atoms with E-state index in [0.29, 0.717) is 0 Å². The molecule has 0 amide bonds. The Balaban J connectivity index is 2.42. The molecule has 0 atom stereocenters. The SMILES string of the molecule is O=C(c1cc(S(=O)(=O)O)c[nH]1)c1cccnc1Cl. The maximum Gasteiger partial charge on any atom is 0.296 e. The quantitative estimate of drug-likeness (QED) is 0.506. The molecule has 2 N–H and O–H groups in total. The van der Waals surface area contributed by atoms with Crippen molar-refractivity contribution in [3.05, 3.63) is 47.0 Å². The molecular formula is C10H7ClN2O4S. The largest absolute Gasteiger partial charge is 0.357 e. The lowest BCUT2D eigenvalue weighted by atomic mass is 10.1. The predicted molar refractivity (Wildman–Crippen MR) is 63.3 cm³/mol. The van der Waals surface area contributed by atoms with E-state index in [1.807, 2.05) is 0 Å². The third kappa shape index (κ3) is 2.42. The number of carbonyl (C=O) groups is 1. The minimum Gasteiger partial charge on any atom is -0.357 e. The lowest BCUT2D eigenvalue weighted by Crippen LogP contribution is -2.03. The highest BCUT2D eigenvalue weighted by atomic mass is 35.5. The van der Waals surface area contributed by atoms with Gasteiger partial charge in [0.15, 0.2) is 0 Å². The van der Waals surface area contributed by atoms with E-state index in [0.717, 1.165) is 12.3 Å². The zero-order chi connectivity index (χ0) is 13.3. The van der Waals surface area contributed by atoms with Gasteiger partial charge in [0.1, 0.15) is 10.0 Å². The molecule has 0 bridgehead atoms. The van der Waals surface area contributed by atoms with Gasteiger partial charge >= 0.3 is 0 Å². The molecule has 0 spiro atoms. The first-order valence-corrected chi connectivity index (χ1v) is 6.52. The molecule has 0 aromatic carbocycles. The second-order valence-electron chi connectivity index (χ2n) is 3.40. The number of aromatic nitrogens is 2. The summed E-state index contributed by atoms with van der Waals surface area (Å²) in [6.07, 6.45) is 2.45. The summed E-state index contributed by atoms with van der Waals surface area (Å²) in [5, 5.41) is 0.0190. The number of rotatable bonds is 3. The maximum absolute atomic E-state index is 12.0. The topological polar surface area (TPSA) is 100 Å². The van der Waals surface area contributed by atoms with Gasteiger partial charge in [0.05, 0.1) is 11.3 Å². The molecule has 2 rings (SSSR count). The fraction of sp³-hybridized carbons (Fsp3) is 0. The standard InChI is InChI=1S/C10H7ClN2O4S/c11-10-7(2-1-3-12-10)9(14)8-4-6(5-13-8)18(15,16)17/h1-5,13H,(H,15,16,17). The number of pyridine rings is 1. The molecule has 0 aliphatic carbocycles. The molecule has 2 heterocycles. The van der Waals surface area contributed by atoms with Gasteiger partial charge in [-0.05, 0) is 18.2 Å². The maximum atomic E-state index is 12.0. The van der Waals surface area contributed by atoms with Crippen LogP contribution in [0, 0.1) is 0 Å². The Kier molecular flexibility index (Phi) is 3.20. The lowest BCUT2D eigenvalue weighted by molar-refractivity contribution is 0.103. The van der Waals surface area contributed by atoms with E-state index in [4.69, 9.17) is 16.2 Å². The molecule has 0 saturated carbocycles. The van der Waals surface area contributed by atoms with Gasteiger partial charge in [-0.2, -0.15) is 8.42 Å². The number of H-pyrrole nitrogens is 1. The van der Waals surface area contributed by atoms with Crippen molar-refractivity contribution in [1.82, 2.24) is 9.97 Å². The normalized spacial score (nSPS) is 11.4. The number of ketones is 1. The van der Waals surface area contributed by atoms with Crippen LogP contribution in [0.4, 0.5) is 0 Å². The van der Waals surface area contributed by atoms with Crippen LogP contribution in [0.5, 0.6) is 0 Å². The molecule has 8 heteroatoms. The average molecular weight is 287 g/mol. The molecule has 0 radical (unpaired) electrons. The summed E-state index contributed by atoms with van der Waals surface area (Å²) in [4.78, 5) is 17.8. The average Bonchev–Trinajstić information content (AvgIpc) is 2.77. The summed E-state index contributed by atoms with van der Waals surface area (Å²) in [7, 11) is -4.34. The second kappa shape index (κ2) is 4.52. The number of carbonyl (C=O) groups excluding carboxylic acids is 1. The number of nitrogens with zero attached hydrogens (tertiary/aromatic N) is 1. The van der Waals surface area contributed by atoms with Crippen LogP contribution in [0.2, 0.25) is 5.15 Å². The fourth-order valence-corrected chi connectivity index (χ4v) is 2.03. The van der Waals surface area contributed by atoms with Crippen molar-refractivity contribution in [1.29, 1.82) is 0 Å². The molecule has 0 aliphatic rings. The lowest BCUT2D eigenvalue weighted by Gasteiger charge is -1.99. The summed E-state index contributed by atoms with van der Waals surface area (Å²) < 4.78 is 30.5. The van der Waals surface area contributed by atoms with Crippen LogP contribution >= 0.6 is 11.6 Å². The summed E-state index contributed by atoms with van der Waals surface area (Å²) in [6.45, 7) is 0. The Bertz CT molecular complexity index is 708. The van der Waals surface area contributed by atoms with Crippen LogP contribution in [0.15, 0.2) is 35.5 Å². The smallest absolute Gasteiger partial charge is 0.296 e. The first kappa shape index (κ1) is 12.7. The van der Waals surface area contributed by atoms with Crippen LogP contribution in [-0.4, -0.2) is 28.7 Å². The molecule has 0 fully saturated rings. The van der Waals surface area contributed by atoms with Gasteiger partial charge in [0.2, 0.25) is 5.78 Å². The molecule has 0 aliphatic heterocycles. The van der Waals surface area contributed by atoms with Gasteiger partial charge in [-0.25, -0.2) is 4.98 Å². The van der Waals surface area contributed by atoms with Crippen molar-refractivity contribution in [3.63, 3.8) is 0 Å². The molecule has 6 nitrogen and oxygen atoms in total. The van der Waals surface area contributed by atoms with Gasteiger partial charge in [-0.3, -0.25) is 9.35 Å². The van der Waals surface area contributed by atoms with Crippen LogP contribution in [0.25, 0.3) is 0 Å². The van der Waals surface area contributed by atoms with E-state index in [2.05, 4.69) is 9.97 Å². The Morgan fingerprint density at radius 2 is 2.17 bits per heavy atom. The number of halogens is 1. The van der Waals surface area contributed by atoms with E-state index >= 15 is 0 Å². The number of nitrogens with one attached hydrogen (secondary N) is 1. The van der Waals surface area contributed by atoms with Crippen LogP contribution in [-0.2, 0) is 10.1 Å². The monoisotopic (exact) mass is 286 g/mol. The Morgan fingerprint density at radius 3 is 2.72 bits per heavy atom. The Morgan fingerprint density at radius 1 is 1.44 bits per heavy atom. The highest BCUT2D eigenvalue weighted by Gasteiger charge is 2.18. The van der Waals surface area contributed by atoms with Crippen molar-refractivity contribution in [2.75, 3.05) is 0 Å². The third-order valence-electron chi connectivity index (χ3n) is 2.20.